The predicted molar refractivity (Wildman–Crippen MR) is 50.2 cm³/mol. The average Bonchev–Trinajstić information content (AvgIpc) is 1.99. The molecule has 1 aromatic rings. The van der Waals surface area contributed by atoms with Crippen molar-refractivity contribution in [2.75, 3.05) is 18.5 Å². The molecule has 1 heterocycles. The third-order valence-electron chi connectivity index (χ3n) is 1.07. The third kappa shape index (κ3) is 2.68. The van der Waals surface area contributed by atoms with Crippen LogP contribution in [-0.2, 0) is 0 Å². The predicted octanol–water partition coefficient (Wildman–Crippen LogP) is 0.601. The standard InChI is InChI=1S/C5H8N4OS2/c10-2-1-6-3-7-4(11)9-5(12)8-3/h10H,1-2H2,(H3,6,7,8,9,11,12). The quantitative estimate of drug-likeness (QED) is 0.542. The fourth-order valence-corrected chi connectivity index (χ4v) is 1.10. The van der Waals surface area contributed by atoms with Gasteiger partial charge in [0.25, 0.3) is 0 Å². The molecule has 0 aromatic carbocycles. The maximum Gasteiger partial charge on any atom is 0.205 e. The lowest BCUT2D eigenvalue weighted by Gasteiger charge is -2.01. The normalized spacial score (nSPS) is 9.75. The number of anilines is 1. The molecular weight excluding hydrogens is 196 g/mol. The van der Waals surface area contributed by atoms with Crippen molar-refractivity contribution in [3.63, 3.8) is 0 Å². The minimum atomic E-state index is 0.0354. The van der Waals surface area contributed by atoms with E-state index in [2.05, 4.69) is 20.3 Å². The molecule has 0 aliphatic heterocycles. The Labute approximate surface area is 78.9 Å². The van der Waals surface area contributed by atoms with Crippen LogP contribution in [0, 0.1) is 9.54 Å². The van der Waals surface area contributed by atoms with Crippen LogP contribution in [0.5, 0.6) is 0 Å². The van der Waals surface area contributed by atoms with Crippen molar-refractivity contribution < 1.29 is 5.11 Å². The molecule has 0 aliphatic rings. The molecule has 7 heteroatoms. The van der Waals surface area contributed by atoms with Gasteiger partial charge in [0.2, 0.25) is 10.7 Å². The van der Waals surface area contributed by atoms with Crippen molar-refractivity contribution in [2.24, 2.45) is 0 Å². The Balaban J connectivity index is 2.86. The smallest absolute Gasteiger partial charge is 0.205 e. The summed E-state index contributed by atoms with van der Waals surface area (Å²) in [5.74, 6) is 0.470. The summed E-state index contributed by atoms with van der Waals surface area (Å²) in [4.78, 5) is 9.28. The Morgan fingerprint density at radius 3 is 2.75 bits per heavy atom. The van der Waals surface area contributed by atoms with Gasteiger partial charge in [-0.05, 0) is 24.4 Å². The van der Waals surface area contributed by atoms with Crippen LogP contribution in [0.2, 0.25) is 0 Å². The Hall–Kier alpha value is -0.790. The summed E-state index contributed by atoms with van der Waals surface area (Å²) in [6, 6.07) is 0. The zero-order valence-electron chi connectivity index (χ0n) is 6.13. The minimum absolute atomic E-state index is 0.0354. The van der Waals surface area contributed by atoms with Gasteiger partial charge in [-0.3, -0.25) is 0 Å². The van der Waals surface area contributed by atoms with Crippen molar-refractivity contribution >= 4 is 30.4 Å². The molecule has 0 saturated heterocycles. The molecule has 4 N–H and O–H groups in total. The number of H-pyrrole nitrogens is 2. The molecule has 0 unspecified atom stereocenters. The lowest BCUT2D eigenvalue weighted by molar-refractivity contribution is 0.310. The molecule has 0 spiro atoms. The maximum absolute atomic E-state index is 8.50. The first-order valence-electron chi connectivity index (χ1n) is 3.28. The van der Waals surface area contributed by atoms with Crippen molar-refractivity contribution in [1.82, 2.24) is 15.0 Å². The first-order valence-corrected chi connectivity index (χ1v) is 4.09. The number of nitrogens with one attached hydrogen (secondary N) is 3. The van der Waals surface area contributed by atoms with Gasteiger partial charge >= 0.3 is 0 Å². The summed E-state index contributed by atoms with van der Waals surface area (Å²) in [5, 5.41) is 11.3. The van der Waals surface area contributed by atoms with Gasteiger partial charge in [0.15, 0.2) is 4.77 Å². The zero-order valence-corrected chi connectivity index (χ0v) is 7.76. The van der Waals surface area contributed by atoms with Crippen molar-refractivity contribution in [3.05, 3.63) is 9.54 Å². The monoisotopic (exact) mass is 204 g/mol. The molecule has 66 valence electrons. The number of aliphatic hydroxyl groups is 1. The fourth-order valence-electron chi connectivity index (χ4n) is 0.651. The van der Waals surface area contributed by atoms with Crippen LogP contribution in [0.25, 0.3) is 0 Å². The van der Waals surface area contributed by atoms with Crippen LogP contribution >= 0.6 is 24.4 Å². The van der Waals surface area contributed by atoms with Gasteiger partial charge in [-0.2, -0.15) is 4.98 Å². The largest absolute Gasteiger partial charge is 0.395 e. The van der Waals surface area contributed by atoms with E-state index in [1.807, 2.05) is 0 Å². The van der Waals surface area contributed by atoms with Gasteiger partial charge in [-0.1, -0.05) is 0 Å². The van der Waals surface area contributed by atoms with Crippen molar-refractivity contribution in [1.29, 1.82) is 0 Å². The number of aromatic amines is 2. The summed E-state index contributed by atoms with van der Waals surface area (Å²) < 4.78 is 0.731. The van der Waals surface area contributed by atoms with E-state index in [1.54, 1.807) is 0 Å². The second-order valence-corrected chi connectivity index (χ2v) is 2.79. The van der Waals surface area contributed by atoms with Crippen LogP contribution in [0.15, 0.2) is 0 Å². The Bertz CT molecular complexity index is 329. The van der Waals surface area contributed by atoms with Gasteiger partial charge in [0.1, 0.15) is 0 Å². The van der Waals surface area contributed by atoms with Crippen molar-refractivity contribution in [2.45, 2.75) is 0 Å². The molecule has 0 amide bonds. The van der Waals surface area contributed by atoms with E-state index < -0.39 is 0 Å². The first kappa shape index (κ1) is 9.30. The summed E-state index contributed by atoms with van der Waals surface area (Å²) >= 11 is 9.60. The van der Waals surface area contributed by atoms with Gasteiger partial charge in [0, 0.05) is 6.54 Å². The van der Waals surface area contributed by atoms with E-state index in [-0.39, 0.29) is 6.61 Å². The number of aromatic nitrogens is 3. The molecule has 12 heavy (non-hydrogen) atoms. The molecule has 0 radical (unpaired) electrons. The van der Waals surface area contributed by atoms with Gasteiger partial charge in [-0.15, -0.1) is 0 Å². The average molecular weight is 204 g/mol. The maximum atomic E-state index is 8.50. The molecule has 0 aliphatic carbocycles. The molecule has 5 nitrogen and oxygen atoms in total. The minimum Gasteiger partial charge on any atom is -0.395 e. The molecular formula is C5H8N4OS2. The van der Waals surface area contributed by atoms with Gasteiger partial charge in [-0.25, -0.2) is 0 Å². The summed E-state index contributed by atoms with van der Waals surface area (Å²) in [7, 11) is 0. The molecule has 0 saturated carbocycles. The van der Waals surface area contributed by atoms with E-state index in [0.717, 1.165) is 0 Å². The Kier molecular flexibility index (Phi) is 3.32. The number of nitrogens with zero attached hydrogens (tertiary/aromatic N) is 1. The van der Waals surface area contributed by atoms with Crippen LogP contribution in [0.1, 0.15) is 0 Å². The number of rotatable bonds is 3. The van der Waals surface area contributed by atoms with Crippen LogP contribution in [-0.4, -0.2) is 33.2 Å². The lowest BCUT2D eigenvalue weighted by atomic mass is 10.7. The molecule has 0 atom stereocenters. The molecule has 0 fully saturated rings. The van der Waals surface area contributed by atoms with Crippen LogP contribution < -0.4 is 5.32 Å². The lowest BCUT2D eigenvalue weighted by Crippen LogP contribution is -2.09. The summed E-state index contributed by atoms with van der Waals surface area (Å²) in [5.41, 5.74) is 0. The highest BCUT2D eigenvalue weighted by Gasteiger charge is 1.91. The highest BCUT2D eigenvalue weighted by atomic mass is 32.1. The number of hydrogen-bond donors (Lipinski definition) is 4. The summed E-state index contributed by atoms with van der Waals surface area (Å²) in [6.07, 6.45) is 0. The highest BCUT2D eigenvalue weighted by molar-refractivity contribution is 7.71. The van der Waals surface area contributed by atoms with Crippen LogP contribution in [0.4, 0.5) is 5.95 Å². The highest BCUT2D eigenvalue weighted by Crippen LogP contribution is 1.93. The van der Waals surface area contributed by atoms with Gasteiger partial charge in [0.05, 0.1) is 6.61 Å². The first-order chi connectivity index (χ1) is 5.72. The second kappa shape index (κ2) is 4.29. The van der Waals surface area contributed by atoms with E-state index in [0.29, 0.717) is 22.0 Å². The van der Waals surface area contributed by atoms with E-state index >= 15 is 0 Å². The van der Waals surface area contributed by atoms with E-state index in [9.17, 15) is 0 Å². The number of hydrogen-bond acceptors (Lipinski definition) is 5. The fraction of sp³-hybridized carbons (Fsp3) is 0.400. The topological polar surface area (TPSA) is 76.7 Å². The van der Waals surface area contributed by atoms with E-state index in [4.69, 9.17) is 29.5 Å². The Morgan fingerprint density at radius 1 is 1.42 bits per heavy atom. The number of aliphatic hydroxyl groups excluding tert-OH is 1. The van der Waals surface area contributed by atoms with Crippen LogP contribution in [0.3, 0.4) is 0 Å². The molecule has 1 rings (SSSR count). The van der Waals surface area contributed by atoms with Gasteiger partial charge < -0.3 is 20.4 Å². The molecule has 1 aromatic heterocycles. The molecule has 0 bridgehead atoms. The summed E-state index contributed by atoms with van der Waals surface area (Å²) in [6.45, 7) is 0.449. The Morgan fingerprint density at radius 2 is 2.17 bits per heavy atom. The SMILES string of the molecule is OCCNc1nc(=S)[nH]c(=S)[nH]1. The van der Waals surface area contributed by atoms with Crippen molar-refractivity contribution in [3.8, 4) is 0 Å². The van der Waals surface area contributed by atoms with E-state index in [1.165, 1.54) is 0 Å². The second-order valence-electron chi connectivity index (χ2n) is 2.00. The third-order valence-corrected chi connectivity index (χ3v) is 1.47. The zero-order chi connectivity index (χ0) is 8.97.